The van der Waals surface area contributed by atoms with Crippen LogP contribution in [0.15, 0.2) is 42.6 Å². The van der Waals surface area contributed by atoms with Gasteiger partial charge >= 0.3 is 11.8 Å². The summed E-state index contributed by atoms with van der Waals surface area (Å²) in [4.78, 5) is 38.8. The number of nitrogens with zero attached hydrogens (tertiary/aromatic N) is 1. The number of rotatable bonds is 6. The van der Waals surface area contributed by atoms with Crippen LogP contribution >= 0.6 is 0 Å². The number of hydrogen-bond acceptors (Lipinski definition) is 5. The molecule has 0 aliphatic rings. The molecule has 0 fully saturated rings. The number of aromatic nitrogens is 1. The first kappa shape index (κ1) is 20.6. The Labute approximate surface area is 163 Å². The van der Waals surface area contributed by atoms with Crippen LogP contribution in [0.5, 0.6) is 5.75 Å². The summed E-state index contributed by atoms with van der Waals surface area (Å²) in [5, 5.41) is 4.89. The number of hydrogen-bond donors (Lipinski definition) is 2. The quantitative estimate of drug-likeness (QED) is 0.450. The van der Waals surface area contributed by atoms with Gasteiger partial charge in [0.25, 0.3) is 0 Å². The summed E-state index contributed by atoms with van der Waals surface area (Å²) in [5.74, 6) is 4.51. The second-order valence-electron chi connectivity index (χ2n) is 6.00. The zero-order chi connectivity index (χ0) is 20.4. The molecule has 2 N–H and O–H groups in total. The number of pyridine rings is 1. The summed E-state index contributed by atoms with van der Waals surface area (Å²) in [6.07, 6.45) is 2.28. The van der Waals surface area contributed by atoms with Crippen molar-refractivity contribution in [3.05, 3.63) is 59.4 Å². The highest BCUT2D eigenvalue weighted by atomic mass is 16.5. The molecule has 7 heteroatoms. The van der Waals surface area contributed by atoms with Crippen LogP contribution in [0.25, 0.3) is 0 Å². The Morgan fingerprint density at radius 1 is 1.14 bits per heavy atom. The van der Waals surface area contributed by atoms with Crippen molar-refractivity contribution in [2.45, 2.75) is 26.5 Å². The van der Waals surface area contributed by atoms with E-state index in [9.17, 15) is 14.4 Å². The predicted octanol–water partition coefficient (Wildman–Crippen LogP) is 1.47. The molecular weight excluding hydrogens is 358 g/mol. The van der Waals surface area contributed by atoms with E-state index in [1.807, 2.05) is 13.8 Å². The average Bonchev–Trinajstić information content (AvgIpc) is 2.70. The molecule has 0 saturated carbocycles. The topological polar surface area (TPSA) is 97.4 Å². The molecule has 0 saturated heterocycles. The van der Waals surface area contributed by atoms with E-state index < -0.39 is 11.8 Å². The molecule has 0 bridgehead atoms. The maximum absolute atomic E-state index is 11.9. The standard InChI is InChI=1S/C21H21N3O4/c1-15(2)28-19-10-6-11-22-18(19)9-5-12-23-20(26)21(27)24-13-16-7-3-4-8-17(16)14-25/h3-4,6-8,10-11,14-15H,12-13H2,1-2H3,(H,23,26)(H,24,27). The Balaban J connectivity index is 1.85. The number of nitrogens with one attached hydrogen (secondary N) is 2. The van der Waals surface area contributed by atoms with Gasteiger partial charge < -0.3 is 15.4 Å². The van der Waals surface area contributed by atoms with Crippen molar-refractivity contribution in [1.29, 1.82) is 0 Å². The Hall–Kier alpha value is -3.66. The Morgan fingerprint density at radius 2 is 1.89 bits per heavy atom. The maximum Gasteiger partial charge on any atom is 0.310 e. The molecule has 0 aliphatic carbocycles. The minimum atomic E-state index is -0.808. The molecule has 7 nitrogen and oxygen atoms in total. The number of amides is 2. The highest BCUT2D eigenvalue weighted by Crippen LogP contribution is 2.15. The van der Waals surface area contributed by atoms with Crippen LogP contribution in [-0.4, -0.2) is 35.7 Å². The van der Waals surface area contributed by atoms with Crippen molar-refractivity contribution in [3.8, 4) is 17.6 Å². The second kappa shape index (κ2) is 10.5. The summed E-state index contributed by atoms with van der Waals surface area (Å²) in [5.41, 5.74) is 1.55. The normalized spacial score (nSPS) is 9.82. The minimum absolute atomic E-state index is 0.0162. The molecule has 2 aromatic rings. The zero-order valence-corrected chi connectivity index (χ0v) is 15.7. The molecular formula is C21H21N3O4. The van der Waals surface area contributed by atoms with Crippen molar-refractivity contribution in [2.75, 3.05) is 6.54 Å². The number of carbonyl (C=O) groups is 3. The molecule has 1 aromatic heterocycles. The van der Waals surface area contributed by atoms with Gasteiger partial charge in [0.1, 0.15) is 6.29 Å². The Kier molecular flexibility index (Phi) is 7.73. The highest BCUT2D eigenvalue weighted by Gasteiger charge is 2.12. The third-order valence-electron chi connectivity index (χ3n) is 3.51. The van der Waals surface area contributed by atoms with Crippen molar-refractivity contribution in [3.63, 3.8) is 0 Å². The lowest BCUT2D eigenvalue weighted by molar-refractivity contribution is -0.139. The maximum atomic E-state index is 11.9. The molecule has 28 heavy (non-hydrogen) atoms. The van der Waals surface area contributed by atoms with Crippen LogP contribution in [-0.2, 0) is 16.1 Å². The van der Waals surface area contributed by atoms with Gasteiger partial charge in [0, 0.05) is 18.3 Å². The van der Waals surface area contributed by atoms with Gasteiger partial charge in [-0.15, -0.1) is 0 Å². The number of benzene rings is 1. The van der Waals surface area contributed by atoms with E-state index in [2.05, 4.69) is 27.5 Å². The Bertz CT molecular complexity index is 913. The van der Waals surface area contributed by atoms with E-state index in [-0.39, 0.29) is 19.2 Å². The van der Waals surface area contributed by atoms with E-state index in [1.54, 1.807) is 42.6 Å². The number of ether oxygens (including phenoxy) is 1. The summed E-state index contributed by atoms with van der Waals surface area (Å²) in [6, 6.07) is 10.3. The Morgan fingerprint density at radius 3 is 2.64 bits per heavy atom. The lowest BCUT2D eigenvalue weighted by atomic mass is 10.1. The lowest BCUT2D eigenvalue weighted by Gasteiger charge is -2.10. The molecule has 0 aliphatic heterocycles. The number of carbonyl (C=O) groups excluding carboxylic acids is 3. The fraction of sp³-hybridized carbons (Fsp3) is 0.238. The lowest BCUT2D eigenvalue weighted by Crippen LogP contribution is -2.39. The van der Waals surface area contributed by atoms with Crippen LogP contribution < -0.4 is 15.4 Å². The van der Waals surface area contributed by atoms with Crippen LogP contribution in [0, 0.1) is 11.8 Å². The molecule has 144 valence electrons. The van der Waals surface area contributed by atoms with Gasteiger partial charge in [-0.1, -0.05) is 30.2 Å². The third-order valence-corrected chi connectivity index (χ3v) is 3.51. The smallest absolute Gasteiger partial charge is 0.310 e. The summed E-state index contributed by atoms with van der Waals surface area (Å²) in [6.45, 7) is 3.86. The largest absolute Gasteiger partial charge is 0.488 e. The van der Waals surface area contributed by atoms with Gasteiger partial charge in [0.05, 0.1) is 12.6 Å². The molecule has 0 spiro atoms. The highest BCUT2D eigenvalue weighted by molar-refractivity contribution is 6.35. The van der Waals surface area contributed by atoms with E-state index in [0.29, 0.717) is 28.9 Å². The summed E-state index contributed by atoms with van der Waals surface area (Å²) >= 11 is 0. The van der Waals surface area contributed by atoms with Crippen molar-refractivity contribution >= 4 is 18.1 Å². The average molecular weight is 379 g/mol. The minimum Gasteiger partial charge on any atom is -0.488 e. The second-order valence-corrected chi connectivity index (χ2v) is 6.00. The van der Waals surface area contributed by atoms with Crippen molar-refractivity contribution < 1.29 is 19.1 Å². The van der Waals surface area contributed by atoms with Gasteiger partial charge in [-0.2, -0.15) is 0 Å². The fourth-order valence-corrected chi connectivity index (χ4v) is 2.23. The van der Waals surface area contributed by atoms with Crippen LogP contribution in [0.3, 0.4) is 0 Å². The van der Waals surface area contributed by atoms with Crippen LogP contribution in [0.4, 0.5) is 0 Å². The van der Waals surface area contributed by atoms with E-state index >= 15 is 0 Å². The molecule has 0 radical (unpaired) electrons. The predicted molar refractivity (Wildman–Crippen MR) is 104 cm³/mol. The van der Waals surface area contributed by atoms with Crippen LogP contribution in [0.1, 0.15) is 35.5 Å². The molecule has 0 unspecified atom stereocenters. The van der Waals surface area contributed by atoms with Crippen molar-refractivity contribution in [2.24, 2.45) is 0 Å². The third kappa shape index (κ3) is 6.25. The summed E-state index contributed by atoms with van der Waals surface area (Å²) < 4.78 is 5.61. The molecule has 1 heterocycles. The van der Waals surface area contributed by atoms with E-state index in [4.69, 9.17) is 4.74 Å². The van der Waals surface area contributed by atoms with Gasteiger partial charge in [-0.05, 0) is 37.5 Å². The molecule has 1 aromatic carbocycles. The van der Waals surface area contributed by atoms with E-state index in [0.717, 1.165) is 0 Å². The SMILES string of the molecule is CC(C)Oc1cccnc1C#CCNC(=O)C(=O)NCc1ccccc1C=O. The fourth-order valence-electron chi connectivity index (χ4n) is 2.23. The first-order valence-corrected chi connectivity index (χ1v) is 8.71. The molecule has 0 atom stereocenters. The van der Waals surface area contributed by atoms with Gasteiger partial charge in [0.15, 0.2) is 11.4 Å². The number of aldehydes is 1. The van der Waals surface area contributed by atoms with Gasteiger partial charge in [-0.25, -0.2) is 4.98 Å². The van der Waals surface area contributed by atoms with Crippen LogP contribution in [0.2, 0.25) is 0 Å². The first-order chi connectivity index (χ1) is 13.5. The van der Waals surface area contributed by atoms with Gasteiger partial charge in [-0.3, -0.25) is 14.4 Å². The molecule has 2 amide bonds. The van der Waals surface area contributed by atoms with E-state index in [1.165, 1.54) is 0 Å². The first-order valence-electron chi connectivity index (χ1n) is 8.71. The monoisotopic (exact) mass is 379 g/mol. The summed E-state index contributed by atoms with van der Waals surface area (Å²) in [7, 11) is 0. The molecule has 2 rings (SSSR count). The van der Waals surface area contributed by atoms with Gasteiger partial charge in [0.2, 0.25) is 0 Å². The van der Waals surface area contributed by atoms with Crippen molar-refractivity contribution in [1.82, 2.24) is 15.6 Å². The zero-order valence-electron chi connectivity index (χ0n) is 15.7.